The summed E-state index contributed by atoms with van der Waals surface area (Å²) in [7, 11) is 1.60. The third kappa shape index (κ3) is 4.80. The molecule has 0 saturated carbocycles. The summed E-state index contributed by atoms with van der Waals surface area (Å²) in [5, 5.41) is 10.8. The average molecular weight is 377 g/mol. The van der Waals surface area contributed by atoms with Crippen molar-refractivity contribution in [3.05, 3.63) is 74.8 Å². The quantitative estimate of drug-likeness (QED) is 0.437. The van der Waals surface area contributed by atoms with E-state index in [9.17, 15) is 19.7 Å². The van der Waals surface area contributed by atoms with Gasteiger partial charge in [0.2, 0.25) is 0 Å². The molecule has 0 saturated heterocycles. The molecule has 0 radical (unpaired) electrons. The van der Waals surface area contributed by atoms with Gasteiger partial charge in [-0.1, -0.05) is 41.9 Å². The molecule has 0 aromatic heterocycles. The third-order valence-corrected chi connectivity index (χ3v) is 3.98. The number of esters is 1. The number of rotatable bonds is 6. The molecule has 0 fully saturated rings. The highest BCUT2D eigenvalue weighted by atomic mass is 35.5. The Bertz CT molecular complexity index is 826. The number of halogens is 1. The zero-order chi connectivity index (χ0) is 19.3. The lowest BCUT2D eigenvalue weighted by Crippen LogP contribution is -2.37. The van der Waals surface area contributed by atoms with Gasteiger partial charge >= 0.3 is 5.97 Å². The lowest BCUT2D eigenvalue weighted by atomic mass is 10.2. The first-order valence-electron chi connectivity index (χ1n) is 7.73. The van der Waals surface area contributed by atoms with Gasteiger partial charge in [0, 0.05) is 25.7 Å². The van der Waals surface area contributed by atoms with Crippen molar-refractivity contribution in [1.29, 1.82) is 0 Å². The van der Waals surface area contributed by atoms with E-state index in [0.717, 1.165) is 11.6 Å². The molecule has 0 aliphatic carbocycles. The van der Waals surface area contributed by atoms with Crippen LogP contribution < -0.4 is 0 Å². The second-order valence-electron chi connectivity index (χ2n) is 5.65. The number of ether oxygens (including phenoxy) is 1. The van der Waals surface area contributed by atoms with E-state index in [1.807, 2.05) is 30.3 Å². The normalized spacial score (nSPS) is 11.5. The standard InChI is InChI=1S/C18H17ClN2O5/c1-12(17(22)20(2)11-13-6-4-3-5-7-13)26-18(23)15-10-14(21(24)25)8-9-16(15)19/h3-10,12H,11H2,1-2H3/t12-/m1/s1. The van der Waals surface area contributed by atoms with Crippen molar-refractivity contribution < 1.29 is 19.2 Å². The van der Waals surface area contributed by atoms with E-state index >= 15 is 0 Å². The number of hydrogen-bond acceptors (Lipinski definition) is 5. The predicted molar refractivity (Wildman–Crippen MR) is 95.9 cm³/mol. The fourth-order valence-electron chi connectivity index (χ4n) is 2.30. The molecular formula is C18H17ClN2O5. The van der Waals surface area contributed by atoms with E-state index in [1.165, 1.54) is 24.0 Å². The molecule has 7 nitrogen and oxygen atoms in total. The third-order valence-electron chi connectivity index (χ3n) is 3.65. The summed E-state index contributed by atoms with van der Waals surface area (Å²) < 4.78 is 5.14. The monoisotopic (exact) mass is 376 g/mol. The van der Waals surface area contributed by atoms with Crippen LogP contribution in [0.15, 0.2) is 48.5 Å². The smallest absolute Gasteiger partial charge is 0.340 e. The van der Waals surface area contributed by atoms with Gasteiger partial charge in [0.15, 0.2) is 6.10 Å². The maximum atomic E-state index is 12.4. The second-order valence-corrected chi connectivity index (χ2v) is 6.06. The first-order valence-corrected chi connectivity index (χ1v) is 8.11. The van der Waals surface area contributed by atoms with E-state index < -0.39 is 22.9 Å². The lowest BCUT2D eigenvalue weighted by Gasteiger charge is -2.21. The Morgan fingerprint density at radius 3 is 2.50 bits per heavy atom. The number of nitro groups is 1. The molecule has 2 aromatic rings. The number of hydrogen-bond donors (Lipinski definition) is 0. The van der Waals surface area contributed by atoms with Crippen molar-refractivity contribution in [2.75, 3.05) is 7.05 Å². The van der Waals surface area contributed by atoms with Gasteiger partial charge in [-0.2, -0.15) is 0 Å². The van der Waals surface area contributed by atoms with Gasteiger partial charge in [-0.25, -0.2) is 4.79 Å². The van der Waals surface area contributed by atoms with Crippen LogP contribution in [-0.2, 0) is 16.1 Å². The van der Waals surface area contributed by atoms with Crippen LogP contribution in [0.5, 0.6) is 0 Å². The van der Waals surface area contributed by atoms with Crippen LogP contribution in [-0.4, -0.2) is 34.9 Å². The SMILES string of the molecule is C[C@@H](OC(=O)c1cc([N+](=O)[O-])ccc1Cl)C(=O)N(C)Cc1ccccc1. The van der Waals surface area contributed by atoms with E-state index in [1.54, 1.807) is 7.05 Å². The van der Waals surface area contributed by atoms with Crippen LogP contribution in [0.4, 0.5) is 5.69 Å². The number of amides is 1. The Morgan fingerprint density at radius 1 is 1.23 bits per heavy atom. The fraction of sp³-hybridized carbons (Fsp3) is 0.222. The average Bonchev–Trinajstić information content (AvgIpc) is 2.61. The largest absolute Gasteiger partial charge is 0.449 e. The van der Waals surface area contributed by atoms with Gasteiger partial charge < -0.3 is 9.64 Å². The number of benzene rings is 2. The Hall–Kier alpha value is -2.93. The van der Waals surface area contributed by atoms with Crippen molar-refractivity contribution in [3.8, 4) is 0 Å². The first-order chi connectivity index (χ1) is 12.3. The fourth-order valence-corrected chi connectivity index (χ4v) is 2.50. The van der Waals surface area contributed by atoms with Gasteiger partial charge in [0.1, 0.15) is 0 Å². The van der Waals surface area contributed by atoms with Crippen LogP contribution in [0.2, 0.25) is 5.02 Å². The van der Waals surface area contributed by atoms with Crippen molar-refractivity contribution in [3.63, 3.8) is 0 Å². The van der Waals surface area contributed by atoms with Crippen LogP contribution >= 0.6 is 11.6 Å². The molecular weight excluding hydrogens is 360 g/mol. The minimum Gasteiger partial charge on any atom is -0.449 e. The minimum atomic E-state index is -1.06. The summed E-state index contributed by atoms with van der Waals surface area (Å²) in [4.78, 5) is 36.2. The van der Waals surface area contributed by atoms with Crippen molar-refractivity contribution in [2.24, 2.45) is 0 Å². The molecule has 0 aliphatic rings. The predicted octanol–water partition coefficient (Wildman–Crippen LogP) is 3.45. The lowest BCUT2D eigenvalue weighted by molar-refractivity contribution is -0.384. The van der Waals surface area contributed by atoms with Crippen molar-refractivity contribution in [1.82, 2.24) is 4.90 Å². The van der Waals surface area contributed by atoms with Crippen LogP contribution in [0.1, 0.15) is 22.8 Å². The molecule has 0 heterocycles. The molecule has 1 atom stereocenters. The maximum Gasteiger partial charge on any atom is 0.340 e. The number of nitro benzene ring substituents is 1. The summed E-state index contributed by atoms with van der Waals surface area (Å²) in [6, 6.07) is 12.8. The van der Waals surface area contributed by atoms with Gasteiger partial charge in [-0.05, 0) is 18.6 Å². The van der Waals surface area contributed by atoms with Crippen molar-refractivity contribution in [2.45, 2.75) is 19.6 Å². The number of likely N-dealkylation sites (N-methyl/N-ethyl adjacent to an activating group) is 1. The van der Waals surface area contributed by atoms with Crippen LogP contribution in [0.3, 0.4) is 0 Å². The topological polar surface area (TPSA) is 89.7 Å². The Labute approximate surface area is 155 Å². The highest BCUT2D eigenvalue weighted by Crippen LogP contribution is 2.23. The second kappa shape index (κ2) is 8.44. The van der Waals surface area contributed by atoms with E-state index in [-0.39, 0.29) is 16.3 Å². The zero-order valence-electron chi connectivity index (χ0n) is 14.2. The van der Waals surface area contributed by atoms with E-state index in [0.29, 0.717) is 6.54 Å². The molecule has 2 aromatic carbocycles. The summed E-state index contributed by atoms with van der Waals surface area (Å²) in [5.74, 6) is -1.29. The number of carbonyl (C=O) groups excluding carboxylic acids is 2. The molecule has 26 heavy (non-hydrogen) atoms. The molecule has 8 heteroatoms. The molecule has 0 spiro atoms. The number of nitrogens with zero attached hydrogens (tertiary/aromatic N) is 2. The van der Waals surface area contributed by atoms with Gasteiger partial charge in [-0.15, -0.1) is 0 Å². The maximum absolute atomic E-state index is 12.4. The number of carbonyl (C=O) groups is 2. The summed E-state index contributed by atoms with van der Waals surface area (Å²) in [6.45, 7) is 1.80. The number of non-ortho nitro benzene ring substituents is 1. The zero-order valence-corrected chi connectivity index (χ0v) is 15.0. The molecule has 0 bridgehead atoms. The highest BCUT2D eigenvalue weighted by molar-refractivity contribution is 6.33. The van der Waals surface area contributed by atoms with Crippen LogP contribution in [0, 0.1) is 10.1 Å². The summed E-state index contributed by atoms with van der Waals surface area (Å²) >= 11 is 5.91. The molecule has 136 valence electrons. The summed E-state index contributed by atoms with van der Waals surface area (Å²) in [5.41, 5.74) is 0.483. The minimum absolute atomic E-state index is 0.0119. The molecule has 0 N–H and O–H groups in total. The molecule has 0 unspecified atom stereocenters. The van der Waals surface area contributed by atoms with Gasteiger partial charge in [0.05, 0.1) is 15.5 Å². The molecule has 0 aliphatic heterocycles. The first kappa shape index (κ1) is 19.4. The Morgan fingerprint density at radius 2 is 1.88 bits per heavy atom. The van der Waals surface area contributed by atoms with Crippen molar-refractivity contribution >= 4 is 29.2 Å². The Balaban J connectivity index is 2.05. The Kier molecular flexibility index (Phi) is 6.30. The van der Waals surface area contributed by atoms with Gasteiger partial charge in [0.25, 0.3) is 11.6 Å². The van der Waals surface area contributed by atoms with E-state index in [4.69, 9.17) is 16.3 Å². The summed E-state index contributed by atoms with van der Waals surface area (Å²) in [6.07, 6.45) is -1.06. The molecule has 2 rings (SSSR count). The van der Waals surface area contributed by atoms with Crippen LogP contribution in [0.25, 0.3) is 0 Å². The van der Waals surface area contributed by atoms with E-state index in [2.05, 4.69) is 0 Å². The van der Waals surface area contributed by atoms with Gasteiger partial charge in [-0.3, -0.25) is 14.9 Å². The molecule has 1 amide bonds. The highest BCUT2D eigenvalue weighted by Gasteiger charge is 2.24.